The number of hydrogen-bond acceptors (Lipinski definition) is 4. The van der Waals surface area contributed by atoms with E-state index >= 15 is 0 Å². The van der Waals surface area contributed by atoms with Crippen molar-refractivity contribution in [3.8, 4) is 0 Å². The topological polar surface area (TPSA) is 35.0 Å². The van der Waals surface area contributed by atoms with Crippen LogP contribution in [0.25, 0.3) is 0 Å². The van der Waals surface area contributed by atoms with E-state index in [2.05, 4.69) is 31.9 Å². The third-order valence-electron chi connectivity index (χ3n) is 1.79. The van der Waals surface area contributed by atoms with Gasteiger partial charge in [-0.05, 0) is 39.7 Å². The van der Waals surface area contributed by atoms with Gasteiger partial charge in [-0.3, -0.25) is 0 Å². The fourth-order valence-electron chi connectivity index (χ4n) is 1.13. The van der Waals surface area contributed by atoms with Crippen LogP contribution >= 0.6 is 34.1 Å². The summed E-state index contributed by atoms with van der Waals surface area (Å²) in [5.74, 6) is 0.764. The lowest BCUT2D eigenvalue weighted by molar-refractivity contribution is 0.102. The molecule has 0 bridgehead atoms. The van der Waals surface area contributed by atoms with Crippen LogP contribution in [-0.4, -0.2) is 9.36 Å². The maximum atomic E-state index is 5.50. The maximum absolute atomic E-state index is 5.50. The van der Waals surface area contributed by atoms with Gasteiger partial charge in [0.2, 0.25) is 0 Å². The summed E-state index contributed by atoms with van der Waals surface area (Å²) in [4.78, 5) is 4.21. The highest BCUT2D eigenvalue weighted by atomic mass is 127. The van der Waals surface area contributed by atoms with Gasteiger partial charge in [0.05, 0.1) is 6.61 Å². The van der Waals surface area contributed by atoms with E-state index in [1.54, 1.807) is 0 Å². The molecule has 0 fully saturated rings. The van der Waals surface area contributed by atoms with Crippen molar-refractivity contribution in [2.45, 2.75) is 13.2 Å². The molecule has 15 heavy (non-hydrogen) atoms. The van der Waals surface area contributed by atoms with Crippen LogP contribution < -0.4 is 0 Å². The molecule has 0 atom stereocenters. The van der Waals surface area contributed by atoms with E-state index in [4.69, 9.17) is 4.74 Å². The first-order valence-electron chi connectivity index (χ1n) is 4.44. The molecular weight excluding hydrogens is 323 g/mol. The quantitative estimate of drug-likeness (QED) is 0.808. The molecule has 5 heteroatoms. The minimum absolute atomic E-state index is 0.481. The lowest BCUT2D eigenvalue weighted by Gasteiger charge is -2.00. The number of benzene rings is 1. The van der Waals surface area contributed by atoms with Crippen molar-refractivity contribution in [2.24, 2.45) is 0 Å². The lowest BCUT2D eigenvalue weighted by Crippen LogP contribution is -1.95. The van der Waals surface area contributed by atoms with Crippen molar-refractivity contribution in [1.82, 2.24) is 9.36 Å². The van der Waals surface area contributed by atoms with Gasteiger partial charge in [-0.2, -0.15) is 4.37 Å². The highest BCUT2D eigenvalue weighted by Crippen LogP contribution is 2.09. The Kier molecular flexibility index (Phi) is 4.04. The third kappa shape index (κ3) is 3.51. The van der Waals surface area contributed by atoms with Crippen molar-refractivity contribution in [3.05, 3.63) is 44.7 Å². The predicted molar refractivity (Wildman–Crippen MR) is 67.6 cm³/mol. The molecule has 78 valence electrons. The first-order valence-corrected chi connectivity index (χ1v) is 6.29. The van der Waals surface area contributed by atoms with Gasteiger partial charge >= 0.3 is 0 Å². The normalized spacial score (nSPS) is 10.5. The van der Waals surface area contributed by atoms with Crippen molar-refractivity contribution in [3.63, 3.8) is 0 Å². The molecule has 0 saturated carbocycles. The van der Waals surface area contributed by atoms with Gasteiger partial charge in [0, 0.05) is 0 Å². The Morgan fingerprint density at radius 3 is 2.67 bits per heavy atom. The van der Waals surface area contributed by atoms with Gasteiger partial charge in [0.1, 0.15) is 6.61 Å². The monoisotopic (exact) mass is 332 g/mol. The van der Waals surface area contributed by atoms with Crippen LogP contribution in [-0.2, 0) is 18.0 Å². The van der Waals surface area contributed by atoms with Gasteiger partial charge in [-0.15, -0.1) is 0 Å². The zero-order chi connectivity index (χ0) is 10.5. The number of ether oxygens (including phenoxy) is 1. The zero-order valence-electron chi connectivity index (χ0n) is 7.89. The average Bonchev–Trinajstić information content (AvgIpc) is 2.66. The summed E-state index contributed by atoms with van der Waals surface area (Å²) in [7, 11) is 0. The Labute approximate surface area is 106 Å². The Balaban J connectivity index is 1.80. The fourth-order valence-corrected chi connectivity index (χ4v) is 2.12. The molecule has 1 heterocycles. The van der Waals surface area contributed by atoms with Crippen LogP contribution in [0.4, 0.5) is 0 Å². The molecule has 1 aromatic heterocycles. The molecule has 2 aromatic rings. The summed E-state index contributed by atoms with van der Waals surface area (Å²) in [6, 6.07) is 10.1. The molecule has 0 unspecified atom stereocenters. The van der Waals surface area contributed by atoms with Gasteiger partial charge in [0.15, 0.2) is 8.84 Å². The smallest absolute Gasteiger partial charge is 0.174 e. The minimum atomic E-state index is 0.481. The largest absolute Gasteiger partial charge is 0.369 e. The summed E-state index contributed by atoms with van der Waals surface area (Å²) in [5, 5.41) is 0. The first kappa shape index (κ1) is 11.0. The molecule has 0 amide bonds. The first-order chi connectivity index (χ1) is 7.34. The highest BCUT2D eigenvalue weighted by molar-refractivity contribution is 14.1. The molecule has 0 aliphatic carbocycles. The third-order valence-corrected chi connectivity index (χ3v) is 3.16. The highest BCUT2D eigenvalue weighted by Gasteiger charge is 2.00. The Morgan fingerprint density at radius 1 is 1.20 bits per heavy atom. The molecule has 0 N–H and O–H groups in total. The standard InChI is InChI=1S/C10H9IN2OS/c11-10-12-9(13-15-10)7-14-6-8-4-2-1-3-5-8/h1-5H,6-7H2. The molecule has 3 nitrogen and oxygen atoms in total. The van der Waals surface area contributed by atoms with Crippen molar-refractivity contribution in [2.75, 3.05) is 0 Å². The van der Waals surface area contributed by atoms with Gasteiger partial charge < -0.3 is 4.74 Å². The molecule has 2 rings (SSSR count). The van der Waals surface area contributed by atoms with Gasteiger partial charge in [-0.1, -0.05) is 30.3 Å². The maximum Gasteiger partial charge on any atom is 0.174 e. The number of aromatic nitrogens is 2. The number of halogens is 1. The van der Waals surface area contributed by atoms with Crippen LogP contribution in [0.2, 0.25) is 0 Å². The van der Waals surface area contributed by atoms with E-state index in [0.29, 0.717) is 13.2 Å². The summed E-state index contributed by atoms with van der Waals surface area (Å²) in [5.41, 5.74) is 1.17. The number of hydrogen-bond donors (Lipinski definition) is 0. The molecule has 0 radical (unpaired) electrons. The van der Waals surface area contributed by atoms with Gasteiger partial charge in [0.25, 0.3) is 0 Å². The Bertz CT molecular complexity index is 418. The van der Waals surface area contributed by atoms with Crippen LogP contribution in [0.5, 0.6) is 0 Å². The predicted octanol–water partition coefficient (Wildman–Crippen LogP) is 2.86. The molecule has 0 aliphatic heterocycles. The molecule has 0 saturated heterocycles. The zero-order valence-corrected chi connectivity index (χ0v) is 10.9. The second-order valence-corrected chi connectivity index (χ2v) is 5.45. The van der Waals surface area contributed by atoms with Crippen LogP contribution in [0, 0.1) is 3.01 Å². The van der Waals surface area contributed by atoms with Crippen molar-refractivity contribution in [1.29, 1.82) is 0 Å². The SMILES string of the molecule is Ic1nc(COCc2ccccc2)ns1. The summed E-state index contributed by atoms with van der Waals surface area (Å²) < 4.78 is 10.6. The summed E-state index contributed by atoms with van der Waals surface area (Å²) in [6.45, 7) is 1.09. The second kappa shape index (κ2) is 5.53. The van der Waals surface area contributed by atoms with E-state index in [1.807, 2.05) is 30.3 Å². The van der Waals surface area contributed by atoms with E-state index < -0.39 is 0 Å². The van der Waals surface area contributed by atoms with Crippen molar-refractivity contribution >= 4 is 34.1 Å². The number of rotatable bonds is 4. The Hall–Kier alpha value is -0.530. The van der Waals surface area contributed by atoms with Gasteiger partial charge in [-0.25, -0.2) is 4.98 Å². The van der Waals surface area contributed by atoms with Crippen LogP contribution in [0.1, 0.15) is 11.4 Å². The van der Waals surface area contributed by atoms with E-state index in [9.17, 15) is 0 Å². The molecular formula is C10H9IN2OS. The second-order valence-electron chi connectivity index (χ2n) is 2.94. The Morgan fingerprint density at radius 2 is 2.00 bits per heavy atom. The van der Waals surface area contributed by atoms with E-state index in [0.717, 1.165) is 8.84 Å². The van der Waals surface area contributed by atoms with E-state index in [1.165, 1.54) is 17.1 Å². The molecule has 0 aliphatic rings. The van der Waals surface area contributed by atoms with Crippen molar-refractivity contribution < 1.29 is 4.74 Å². The lowest BCUT2D eigenvalue weighted by atomic mass is 10.2. The fraction of sp³-hybridized carbons (Fsp3) is 0.200. The van der Waals surface area contributed by atoms with E-state index in [-0.39, 0.29) is 0 Å². The van der Waals surface area contributed by atoms with Crippen LogP contribution in [0.3, 0.4) is 0 Å². The summed E-state index contributed by atoms with van der Waals surface area (Å²) in [6.07, 6.45) is 0. The molecule has 0 spiro atoms. The molecule has 1 aromatic carbocycles. The average molecular weight is 332 g/mol. The number of nitrogens with zero attached hydrogens (tertiary/aromatic N) is 2. The summed E-state index contributed by atoms with van der Waals surface area (Å²) >= 11 is 3.55. The van der Waals surface area contributed by atoms with Crippen LogP contribution in [0.15, 0.2) is 30.3 Å². The minimum Gasteiger partial charge on any atom is -0.369 e.